The van der Waals surface area contributed by atoms with Crippen molar-refractivity contribution in [3.63, 3.8) is 0 Å². The molecule has 3 N–H and O–H groups in total. The molecule has 2 aromatic carbocycles. The zero-order valence-corrected chi connectivity index (χ0v) is 17.8. The number of methoxy groups -OCH3 is 1. The van der Waals surface area contributed by atoms with Gasteiger partial charge in [0.2, 0.25) is 5.91 Å². The van der Waals surface area contributed by atoms with Crippen molar-refractivity contribution in [1.82, 2.24) is 20.6 Å². The summed E-state index contributed by atoms with van der Waals surface area (Å²) in [4.78, 5) is 36.5. The van der Waals surface area contributed by atoms with E-state index >= 15 is 0 Å². The molecular weight excluding hydrogens is 438 g/mol. The lowest BCUT2D eigenvalue weighted by molar-refractivity contribution is -0.121. The van der Waals surface area contributed by atoms with Gasteiger partial charge >= 0.3 is 5.69 Å². The van der Waals surface area contributed by atoms with Crippen LogP contribution in [0, 0.1) is 0 Å². The van der Waals surface area contributed by atoms with Crippen molar-refractivity contribution in [1.29, 1.82) is 0 Å². The lowest BCUT2D eigenvalue weighted by Gasteiger charge is -2.11. The second-order valence-electron chi connectivity index (χ2n) is 6.57. The molecule has 3 rings (SSSR count). The van der Waals surface area contributed by atoms with Crippen LogP contribution in [0.2, 0.25) is 5.02 Å². The van der Waals surface area contributed by atoms with E-state index in [2.05, 4.69) is 20.7 Å². The number of rotatable bonds is 9. The summed E-state index contributed by atoms with van der Waals surface area (Å²) in [5.41, 5.74) is 2.74. The van der Waals surface area contributed by atoms with Gasteiger partial charge in [0.1, 0.15) is 12.3 Å². The fourth-order valence-corrected chi connectivity index (χ4v) is 2.76. The summed E-state index contributed by atoms with van der Waals surface area (Å²) in [6.07, 6.45) is 1.48. The zero-order valence-electron chi connectivity index (χ0n) is 17.1. The van der Waals surface area contributed by atoms with Gasteiger partial charge in [0, 0.05) is 17.9 Å². The quantitative estimate of drug-likeness (QED) is 0.330. The molecule has 0 aliphatic carbocycles. The molecule has 11 heteroatoms. The summed E-state index contributed by atoms with van der Waals surface area (Å²) < 4.78 is 11.2. The van der Waals surface area contributed by atoms with Crippen LogP contribution in [-0.2, 0) is 17.8 Å². The van der Waals surface area contributed by atoms with Crippen molar-refractivity contribution in [2.75, 3.05) is 7.11 Å². The van der Waals surface area contributed by atoms with Gasteiger partial charge in [0.25, 0.3) is 5.56 Å². The highest BCUT2D eigenvalue weighted by molar-refractivity contribution is 6.30. The number of nitrogens with zero attached hydrogens (tertiary/aromatic N) is 2. The Kier molecular flexibility index (Phi) is 7.76. The van der Waals surface area contributed by atoms with Crippen molar-refractivity contribution in [2.24, 2.45) is 5.10 Å². The number of aryl methyl sites for hydroxylation is 1. The number of H-pyrrole nitrogens is 2. The molecule has 0 saturated heterocycles. The highest BCUT2D eigenvalue weighted by atomic mass is 35.5. The number of hydrogen-bond donors (Lipinski definition) is 3. The van der Waals surface area contributed by atoms with E-state index in [1.165, 1.54) is 13.3 Å². The number of benzene rings is 2. The van der Waals surface area contributed by atoms with Crippen LogP contribution in [0.4, 0.5) is 0 Å². The number of hydrazone groups is 1. The number of amides is 1. The van der Waals surface area contributed by atoms with Crippen LogP contribution in [0.1, 0.15) is 23.2 Å². The van der Waals surface area contributed by atoms with Gasteiger partial charge in [-0.05, 0) is 41.5 Å². The Morgan fingerprint density at radius 3 is 2.69 bits per heavy atom. The van der Waals surface area contributed by atoms with Crippen molar-refractivity contribution >= 4 is 23.7 Å². The first-order valence-electron chi connectivity index (χ1n) is 9.49. The number of ether oxygens (including phenoxy) is 2. The van der Waals surface area contributed by atoms with Gasteiger partial charge in [-0.3, -0.25) is 14.6 Å². The van der Waals surface area contributed by atoms with Gasteiger partial charge in [-0.15, -0.1) is 0 Å². The largest absolute Gasteiger partial charge is 0.493 e. The average Bonchev–Trinajstić information content (AvgIpc) is 2.78. The van der Waals surface area contributed by atoms with Gasteiger partial charge in [-0.1, -0.05) is 23.7 Å². The summed E-state index contributed by atoms with van der Waals surface area (Å²) in [7, 11) is 1.53. The number of aromatic nitrogens is 3. The molecular formula is C21H20ClN5O5. The molecule has 1 aromatic heterocycles. The van der Waals surface area contributed by atoms with Crippen LogP contribution in [0.15, 0.2) is 57.2 Å². The number of carbonyl (C=O) groups excluding carboxylic acids is 1. The van der Waals surface area contributed by atoms with Gasteiger partial charge in [0.05, 0.1) is 13.3 Å². The van der Waals surface area contributed by atoms with Crippen molar-refractivity contribution < 1.29 is 14.3 Å². The first-order valence-corrected chi connectivity index (χ1v) is 9.87. The van der Waals surface area contributed by atoms with Crippen LogP contribution in [0.25, 0.3) is 0 Å². The van der Waals surface area contributed by atoms with Crippen LogP contribution in [0.3, 0.4) is 0 Å². The van der Waals surface area contributed by atoms with Crippen LogP contribution in [-0.4, -0.2) is 34.4 Å². The summed E-state index contributed by atoms with van der Waals surface area (Å²) in [5.74, 6) is 0.656. The second-order valence-corrected chi connectivity index (χ2v) is 7.01. The topological polar surface area (TPSA) is 139 Å². The summed E-state index contributed by atoms with van der Waals surface area (Å²) >= 11 is 5.88. The molecule has 3 aromatic rings. The van der Waals surface area contributed by atoms with E-state index in [-0.39, 0.29) is 18.5 Å². The minimum atomic E-state index is -0.704. The van der Waals surface area contributed by atoms with E-state index in [0.29, 0.717) is 28.7 Å². The van der Waals surface area contributed by atoms with Gasteiger partial charge in [-0.2, -0.15) is 10.2 Å². The second kappa shape index (κ2) is 10.9. The van der Waals surface area contributed by atoms with Gasteiger partial charge in [0.15, 0.2) is 11.5 Å². The molecule has 1 heterocycles. The summed E-state index contributed by atoms with van der Waals surface area (Å²) in [6.45, 7) is 0.351. The molecule has 0 atom stereocenters. The molecule has 0 unspecified atom stereocenters. The molecule has 0 aliphatic heterocycles. The molecule has 166 valence electrons. The zero-order chi connectivity index (χ0) is 22.9. The van der Waals surface area contributed by atoms with E-state index in [4.69, 9.17) is 21.1 Å². The number of nitrogens with one attached hydrogen (secondary N) is 3. The summed E-state index contributed by atoms with van der Waals surface area (Å²) in [5, 5.41) is 10.3. The SMILES string of the molecule is COc1cc(/C=N\NC(=O)CCc2n[nH]c(=O)[nH]c2=O)ccc1OCc1ccc(Cl)cc1. The highest BCUT2D eigenvalue weighted by Gasteiger charge is 2.08. The van der Waals surface area contributed by atoms with Crippen molar-refractivity contribution in [2.45, 2.75) is 19.4 Å². The standard InChI is InChI=1S/C21H20ClN5O5/c1-31-18-10-14(4-8-17(18)32-12-13-2-5-15(22)6-3-13)11-23-26-19(28)9-7-16-20(29)24-21(30)27-25-16/h2-6,8,10-11H,7,9,12H2,1H3,(H,26,28)(H2,24,27,29,30)/b23-11-. The van der Waals surface area contributed by atoms with E-state index < -0.39 is 17.2 Å². The fraction of sp³-hybridized carbons (Fsp3) is 0.190. The maximum atomic E-state index is 11.9. The number of carbonyl (C=O) groups is 1. The van der Waals surface area contributed by atoms with E-state index in [9.17, 15) is 14.4 Å². The third-order valence-electron chi connectivity index (χ3n) is 4.27. The predicted octanol–water partition coefficient (Wildman–Crippen LogP) is 1.78. The van der Waals surface area contributed by atoms with Crippen LogP contribution in [0.5, 0.6) is 11.5 Å². The van der Waals surface area contributed by atoms with Crippen molar-refractivity contribution in [3.05, 3.63) is 85.1 Å². The van der Waals surface area contributed by atoms with Gasteiger partial charge in [-0.25, -0.2) is 15.3 Å². The monoisotopic (exact) mass is 457 g/mol. The Morgan fingerprint density at radius 1 is 1.19 bits per heavy atom. The number of hydrogen-bond acceptors (Lipinski definition) is 7. The lowest BCUT2D eigenvalue weighted by atomic mass is 10.2. The highest BCUT2D eigenvalue weighted by Crippen LogP contribution is 2.28. The minimum Gasteiger partial charge on any atom is -0.493 e. The molecule has 0 radical (unpaired) electrons. The third kappa shape index (κ3) is 6.54. The number of halogens is 1. The maximum Gasteiger partial charge on any atom is 0.342 e. The van der Waals surface area contributed by atoms with Crippen LogP contribution >= 0.6 is 11.6 Å². The van der Waals surface area contributed by atoms with E-state index in [0.717, 1.165) is 5.56 Å². The Labute approximate surface area is 187 Å². The third-order valence-corrected chi connectivity index (χ3v) is 4.52. The maximum absolute atomic E-state index is 11.9. The van der Waals surface area contributed by atoms with E-state index in [1.807, 2.05) is 17.1 Å². The Bertz CT molecular complexity index is 1220. The molecule has 0 aliphatic rings. The molecule has 0 fully saturated rings. The van der Waals surface area contributed by atoms with Crippen LogP contribution < -0.4 is 26.1 Å². The van der Waals surface area contributed by atoms with E-state index in [1.54, 1.807) is 30.3 Å². The first-order chi connectivity index (χ1) is 15.4. The van der Waals surface area contributed by atoms with Gasteiger partial charge < -0.3 is 9.47 Å². The first kappa shape index (κ1) is 22.8. The number of aromatic amines is 2. The smallest absolute Gasteiger partial charge is 0.342 e. The van der Waals surface area contributed by atoms with Crippen molar-refractivity contribution in [3.8, 4) is 11.5 Å². The molecule has 32 heavy (non-hydrogen) atoms. The molecule has 1 amide bonds. The molecule has 10 nitrogen and oxygen atoms in total. The molecule has 0 bridgehead atoms. The Hall–Kier alpha value is -3.92. The average molecular weight is 458 g/mol. The summed E-state index contributed by atoms with van der Waals surface area (Å²) in [6, 6.07) is 12.6. The molecule has 0 saturated carbocycles. The Balaban J connectivity index is 1.53. The predicted molar refractivity (Wildman–Crippen MR) is 118 cm³/mol. The molecule has 0 spiro atoms. The minimum absolute atomic E-state index is 0.0275. The lowest BCUT2D eigenvalue weighted by Crippen LogP contribution is -2.28. The fourth-order valence-electron chi connectivity index (χ4n) is 2.63. The normalized spacial score (nSPS) is 10.8. The Morgan fingerprint density at radius 2 is 1.97 bits per heavy atom.